The molecule has 0 saturated carbocycles. The molecule has 0 aliphatic carbocycles. The van der Waals surface area contributed by atoms with E-state index in [1.807, 2.05) is 31.2 Å². The molecule has 3 rings (SSSR count). The number of hydrogen-bond acceptors (Lipinski definition) is 6. The second-order valence-electron chi connectivity index (χ2n) is 6.38. The number of hydrogen-bond donors (Lipinski definition) is 0. The maximum atomic E-state index is 12.8. The Hall–Kier alpha value is -2.29. The molecule has 1 aromatic heterocycles. The highest BCUT2D eigenvalue weighted by atomic mass is 32.2. The van der Waals surface area contributed by atoms with Gasteiger partial charge in [0.15, 0.2) is 15.0 Å². The molecular weight excluding hydrogens is 396 g/mol. The summed E-state index contributed by atoms with van der Waals surface area (Å²) in [5.41, 5.74) is 1.79. The lowest BCUT2D eigenvalue weighted by atomic mass is 10.2. The number of ether oxygens (including phenoxy) is 1. The highest BCUT2D eigenvalue weighted by molar-refractivity contribution is 7.91. The number of aromatic nitrogens is 1. The summed E-state index contributed by atoms with van der Waals surface area (Å²) in [5, 5.41) is 0.552. The number of anilines is 1. The Morgan fingerprint density at radius 1 is 1.14 bits per heavy atom. The van der Waals surface area contributed by atoms with E-state index in [1.54, 1.807) is 31.4 Å². The smallest absolute Gasteiger partial charge is 0.229 e. The number of nitrogens with zero attached hydrogens (tertiary/aromatic N) is 2. The zero-order valence-corrected chi connectivity index (χ0v) is 17.4. The minimum Gasteiger partial charge on any atom is -0.383 e. The molecule has 0 bridgehead atoms. The summed E-state index contributed by atoms with van der Waals surface area (Å²) in [5.74, 6) is -0.532. The molecule has 0 saturated heterocycles. The molecule has 6 nitrogen and oxygen atoms in total. The predicted octanol–water partition coefficient (Wildman–Crippen LogP) is 3.45. The average Bonchev–Trinajstić information content (AvgIpc) is 3.11. The Kier molecular flexibility index (Phi) is 6.43. The van der Waals surface area contributed by atoms with E-state index >= 15 is 0 Å². The number of sulfone groups is 1. The van der Waals surface area contributed by atoms with Gasteiger partial charge in [-0.3, -0.25) is 9.69 Å². The number of fused-ring (bicyclic) bond motifs is 1. The molecule has 0 radical (unpaired) electrons. The molecule has 0 unspecified atom stereocenters. The van der Waals surface area contributed by atoms with Crippen molar-refractivity contribution in [2.45, 2.75) is 18.2 Å². The molecular formula is C20H22N2O4S2. The van der Waals surface area contributed by atoms with Crippen molar-refractivity contribution in [3.05, 3.63) is 54.1 Å². The molecule has 2 aromatic carbocycles. The second-order valence-corrected chi connectivity index (χ2v) is 9.50. The van der Waals surface area contributed by atoms with E-state index in [1.165, 1.54) is 16.2 Å². The fraction of sp³-hybridized carbons (Fsp3) is 0.300. The van der Waals surface area contributed by atoms with Gasteiger partial charge in [0, 0.05) is 13.5 Å². The van der Waals surface area contributed by atoms with Gasteiger partial charge in [-0.25, -0.2) is 13.4 Å². The number of aryl methyl sites for hydroxylation is 1. The predicted molar refractivity (Wildman–Crippen MR) is 112 cm³/mol. The van der Waals surface area contributed by atoms with Gasteiger partial charge >= 0.3 is 0 Å². The van der Waals surface area contributed by atoms with E-state index in [-0.39, 0.29) is 23.0 Å². The summed E-state index contributed by atoms with van der Waals surface area (Å²) in [7, 11) is -1.97. The zero-order valence-electron chi connectivity index (χ0n) is 15.8. The van der Waals surface area contributed by atoms with Gasteiger partial charge in [0.2, 0.25) is 5.91 Å². The number of carbonyl (C=O) groups is 1. The summed E-state index contributed by atoms with van der Waals surface area (Å²) in [6.45, 7) is 2.55. The molecule has 0 N–H and O–H groups in total. The fourth-order valence-corrected chi connectivity index (χ4v) is 4.94. The first-order valence-corrected chi connectivity index (χ1v) is 11.3. The molecule has 0 spiro atoms. The first-order chi connectivity index (χ1) is 13.4. The lowest BCUT2D eigenvalue weighted by Crippen LogP contribution is -2.34. The number of para-hydroxylation sites is 1. The number of rotatable bonds is 8. The Labute approximate surface area is 168 Å². The van der Waals surface area contributed by atoms with Crippen LogP contribution in [-0.2, 0) is 19.4 Å². The van der Waals surface area contributed by atoms with Crippen LogP contribution in [0.5, 0.6) is 0 Å². The Morgan fingerprint density at radius 2 is 1.86 bits per heavy atom. The summed E-state index contributed by atoms with van der Waals surface area (Å²) >= 11 is 1.40. The molecule has 3 aromatic rings. The minimum atomic E-state index is -3.53. The van der Waals surface area contributed by atoms with E-state index in [4.69, 9.17) is 4.74 Å². The van der Waals surface area contributed by atoms with Crippen LogP contribution in [0.2, 0.25) is 0 Å². The van der Waals surface area contributed by atoms with Crippen molar-refractivity contribution in [1.29, 1.82) is 0 Å². The monoisotopic (exact) mass is 418 g/mol. The van der Waals surface area contributed by atoms with Crippen LogP contribution in [0.25, 0.3) is 10.2 Å². The molecule has 8 heteroatoms. The van der Waals surface area contributed by atoms with Gasteiger partial charge in [-0.2, -0.15) is 0 Å². The Balaban J connectivity index is 1.77. The van der Waals surface area contributed by atoms with E-state index in [0.717, 1.165) is 15.8 Å². The van der Waals surface area contributed by atoms with Gasteiger partial charge in [0.25, 0.3) is 0 Å². The Morgan fingerprint density at radius 3 is 2.54 bits per heavy atom. The topological polar surface area (TPSA) is 76.6 Å². The Bertz CT molecular complexity index is 1030. The van der Waals surface area contributed by atoms with Crippen LogP contribution in [0.1, 0.15) is 12.0 Å². The maximum absolute atomic E-state index is 12.8. The van der Waals surface area contributed by atoms with E-state index in [9.17, 15) is 13.2 Å². The summed E-state index contributed by atoms with van der Waals surface area (Å²) in [4.78, 5) is 19.1. The average molecular weight is 419 g/mol. The number of carbonyl (C=O) groups excluding carboxylic acids is 1. The van der Waals surface area contributed by atoms with Crippen LogP contribution in [0, 0.1) is 6.92 Å². The lowest BCUT2D eigenvalue weighted by molar-refractivity contribution is -0.118. The fourth-order valence-electron chi connectivity index (χ4n) is 2.71. The van der Waals surface area contributed by atoms with Crippen LogP contribution in [-0.4, -0.2) is 45.3 Å². The van der Waals surface area contributed by atoms with Crippen molar-refractivity contribution in [2.75, 3.05) is 30.9 Å². The molecule has 1 heterocycles. The van der Waals surface area contributed by atoms with Gasteiger partial charge in [-0.15, -0.1) is 0 Å². The van der Waals surface area contributed by atoms with Crippen LogP contribution in [0.15, 0.2) is 53.4 Å². The van der Waals surface area contributed by atoms with Gasteiger partial charge < -0.3 is 4.74 Å². The van der Waals surface area contributed by atoms with Crippen molar-refractivity contribution in [3.63, 3.8) is 0 Å². The van der Waals surface area contributed by atoms with Gasteiger partial charge in [0.1, 0.15) is 0 Å². The molecule has 1 amide bonds. The first kappa shape index (κ1) is 20.4. The third-order valence-corrected chi connectivity index (χ3v) is 7.09. The van der Waals surface area contributed by atoms with Gasteiger partial charge in [0.05, 0.1) is 34.0 Å². The normalized spacial score (nSPS) is 11.6. The summed E-state index contributed by atoms with van der Waals surface area (Å²) in [6, 6.07) is 14.3. The third kappa shape index (κ3) is 4.76. The molecule has 0 aliphatic heterocycles. The number of amides is 1. The number of methoxy groups -OCH3 is 1. The minimum absolute atomic E-state index is 0.115. The quantitative estimate of drug-likeness (QED) is 0.560. The first-order valence-electron chi connectivity index (χ1n) is 8.85. The molecule has 28 heavy (non-hydrogen) atoms. The van der Waals surface area contributed by atoms with Crippen molar-refractivity contribution in [2.24, 2.45) is 0 Å². The van der Waals surface area contributed by atoms with Crippen LogP contribution >= 0.6 is 11.3 Å². The van der Waals surface area contributed by atoms with Gasteiger partial charge in [-0.1, -0.05) is 41.2 Å². The SMILES string of the molecule is COCCN(C(=O)CCS(=O)(=O)c1ccc(C)cc1)c1nc2ccccc2s1. The van der Waals surface area contributed by atoms with E-state index < -0.39 is 9.84 Å². The van der Waals surface area contributed by atoms with Crippen LogP contribution in [0.3, 0.4) is 0 Å². The summed E-state index contributed by atoms with van der Waals surface area (Å²) < 4.78 is 31.2. The van der Waals surface area contributed by atoms with Crippen molar-refractivity contribution >= 4 is 42.4 Å². The lowest BCUT2D eigenvalue weighted by Gasteiger charge is -2.19. The van der Waals surface area contributed by atoms with Gasteiger partial charge in [-0.05, 0) is 31.2 Å². The number of thiazole rings is 1. The molecule has 0 fully saturated rings. The third-order valence-electron chi connectivity index (χ3n) is 4.30. The van der Waals surface area contributed by atoms with Crippen molar-refractivity contribution in [1.82, 2.24) is 4.98 Å². The molecule has 0 aliphatic rings. The van der Waals surface area contributed by atoms with Crippen molar-refractivity contribution < 1.29 is 17.9 Å². The van der Waals surface area contributed by atoms with Crippen LogP contribution < -0.4 is 4.90 Å². The van der Waals surface area contributed by atoms with Crippen LogP contribution in [0.4, 0.5) is 5.13 Å². The zero-order chi connectivity index (χ0) is 20.1. The largest absolute Gasteiger partial charge is 0.383 e. The van der Waals surface area contributed by atoms with Crippen molar-refractivity contribution in [3.8, 4) is 0 Å². The highest BCUT2D eigenvalue weighted by Gasteiger charge is 2.23. The highest BCUT2D eigenvalue weighted by Crippen LogP contribution is 2.29. The van der Waals surface area contributed by atoms with E-state index in [0.29, 0.717) is 18.3 Å². The maximum Gasteiger partial charge on any atom is 0.229 e. The number of benzene rings is 2. The molecule has 0 atom stereocenters. The standard InChI is InChI=1S/C20H22N2O4S2/c1-15-7-9-16(10-8-15)28(24,25)14-11-19(23)22(12-13-26-2)20-21-17-5-3-4-6-18(17)27-20/h3-10H,11-14H2,1-2H3. The summed E-state index contributed by atoms with van der Waals surface area (Å²) in [6.07, 6.45) is -0.115. The van der Waals surface area contributed by atoms with E-state index in [2.05, 4.69) is 4.98 Å². The second kappa shape index (κ2) is 8.81. The molecule has 148 valence electrons.